The Hall–Kier alpha value is -1.72. The number of carbonyl (C=O) groups is 1. The maximum absolute atomic E-state index is 12.2. The van der Waals surface area contributed by atoms with Gasteiger partial charge < -0.3 is 0 Å². The molecule has 0 saturated carbocycles. The van der Waals surface area contributed by atoms with E-state index in [9.17, 15) is 4.79 Å². The zero-order valence-corrected chi connectivity index (χ0v) is 16.2. The summed E-state index contributed by atoms with van der Waals surface area (Å²) in [4.78, 5) is 14.7. The number of carbonyl (C=O) groups excluding carboxylic acids is 1. The predicted octanol–water partition coefficient (Wildman–Crippen LogP) is 4.71. The zero-order valence-electron chi connectivity index (χ0n) is 14.5. The van der Waals surface area contributed by atoms with Gasteiger partial charge in [0.25, 0.3) is 0 Å². The predicted molar refractivity (Wildman–Crippen MR) is 105 cm³/mol. The second-order valence-corrected chi connectivity index (χ2v) is 8.84. The first kappa shape index (κ1) is 16.7. The standard InChI is InChI=1S/C20H20N2OS2/c1-12-4-7-15(8-5-12)25-20-17-11-24-18-9-6-13(2)10-16(18)19(17)21-22(20)14(3)23/h4-10,17,20H,11H2,1-3H3/t17-,20+/m1/s1. The Morgan fingerprint density at radius 1 is 1.16 bits per heavy atom. The largest absolute Gasteiger partial charge is 0.273 e. The molecule has 1 amide bonds. The SMILES string of the molecule is CC(=O)N1N=C2c3cc(C)ccc3SC[C@H]2[C@@H]1Sc1ccc(C)cc1. The van der Waals surface area contributed by atoms with Crippen LogP contribution in [0.4, 0.5) is 0 Å². The highest BCUT2D eigenvalue weighted by Gasteiger charge is 2.43. The minimum atomic E-state index is 0.00529. The fourth-order valence-corrected chi connectivity index (χ4v) is 5.82. The molecule has 25 heavy (non-hydrogen) atoms. The molecule has 0 spiro atoms. The van der Waals surface area contributed by atoms with Crippen LogP contribution >= 0.6 is 23.5 Å². The van der Waals surface area contributed by atoms with Crippen molar-refractivity contribution < 1.29 is 4.79 Å². The Labute approximate surface area is 156 Å². The van der Waals surface area contributed by atoms with Gasteiger partial charge in [0.15, 0.2) is 0 Å². The molecular formula is C20H20N2OS2. The topological polar surface area (TPSA) is 32.7 Å². The van der Waals surface area contributed by atoms with Gasteiger partial charge in [0.2, 0.25) is 5.91 Å². The number of thioether (sulfide) groups is 2. The maximum atomic E-state index is 12.2. The van der Waals surface area contributed by atoms with Crippen LogP contribution in [0.3, 0.4) is 0 Å². The highest BCUT2D eigenvalue weighted by molar-refractivity contribution is 8.00. The highest BCUT2D eigenvalue weighted by Crippen LogP contribution is 2.44. The molecule has 0 radical (unpaired) electrons. The van der Waals surface area contributed by atoms with E-state index in [0.29, 0.717) is 0 Å². The number of nitrogens with zero attached hydrogens (tertiary/aromatic N) is 2. The molecule has 0 aromatic heterocycles. The number of hydrazone groups is 1. The van der Waals surface area contributed by atoms with Crippen LogP contribution in [0, 0.1) is 19.8 Å². The van der Waals surface area contributed by atoms with E-state index in [-0.39, 0.29) is 17.2 Å². The number of hydrogen-bond acceptors (Lipinski definition) is 4. The van der Waals surface area contributed by atoms with Gasteiger partial charge in [-0.3, -0.25) is 4.79 Å². The monoisotopic (exact) mass is 368 g/mol. The van der Waals surface area contributed by atoms with E-state index >= 15 is 0 Å². The van der Waals surface area contributed by atoms with Crippen molar-refractivity contribution in [1.82, 2.24) is 5.01 Å². The molecule has 3 nitrogen and oxygen atoms in total. The fourth-order valence-electron chi connectivity index (χ4n) is 3.25. The molecule has 2 aromatic carbocycles. The van der Waals surface area contributed by atoms with Crippen molar-refractivity contribution in [2.24, 2.45) is 11.0 Å². The van der Waals surface area contributed by atoms with Crippen molar-refractivity contribution in [1.29, 1.82) is 0 Å². The summed E-state index contributed by atoms with van der Waals surface area (Å²) >= 11 is 3.61. The third kappa shape index (κ3) is 3.11. The van der Waals surface area contributed by atoms with E-state index in [1.54, 1.807) is 23.7 Å². The first-order valence-electron chi connectivity index (χ1n) is 8.38. The quantitative estimate of drug-likeness (QED) is 0.769. The van der Waals surface area contributed by atoms with Gasteiger partial charge in [-0.1, -0.05) is 41.1 Å². The smallest absolute Gasteiger partial charge is 0.240 e. The lowest BCUT2D eigenvalue weighted by molar-refractivity contribution is -0.129. The summed E-state index contributed by atoms with van der Waals surface area (Å²) in [6.07, 6.45) is 0. The Kier molecular flexibility index (Phi) is 4.38. The van der Waals surface area contributed by atoms with Gasteiger partial charge in [-0.15, -0.1) is 11.8 Å². The van der Waals surface area contributed by atoms with Gasteiger partial charge in [0, 0.05) is 33.9 Å². The molecule has 2 aromatic rings. The molecule has 0 bridgehead atoms. The van der Waals surface area contributed by atoms with Crippen LogP contribution in [-0.4, -0.2) is 27.8 Å². The number of benzene rings is 2. The van der Waals surface area contributed by atoms with Crippen molar-refractivity contribution >= 4 is 35.1 Å². The average Bonchev–Trinajstić information content (AvgIpc) is 2.96. The van der Waals surface area contributed by atoms with Crippen LogP contribution < -0.4 is 0 Å². The molecule has 2 atom stereocenters. The lowest BCUT2D eigenvalue weighted by Crippen LogP contribution is -2.35. The number of fused-ring (bicyclic) bond motifs is 3. The zero-order chi connectivity index (χ0) is 17.6. The van der Waals surface area contributed by atoms with Crippen LogP contribution in [-0.2, 0) is 4.79 Å². The van der Waals surface area contributed by atoms with E-state index in [4.69, 9.17) is 5.10 Å². The molecule has 4 rings (SSSR count). The van der Waals surface area contributed by atoms with Gasteiger partial charge in [-0.25, -0.2) is 5.01 Å². The Balaban J connectivity index is 1.70. The minimum absolute atomic E-state index is 0.00529. The first-order chi connectivity index (χ1) is 12.0. The van der Waals surface area contributed by atoms with E-state index in [2.05, 4.69) is 56.3 Å². The third-order valence-corrected chi connectivity index (χ3v) is 7.09. The highest BCUT2D eigenvalue weighted by atomic mass is 32.2. The van der Waals surface area contributed by atoms with Crippen molar-refractivity contribution in [3.8, 4) is 0 Å². The van der Waals surface area contributed by atoms with Crippen LogP contribution in [0.2, 0.25) is 0 Å². The van der Waals surface area contributed by atoms with E-state index in [1.165, 1.54) is 26.5 Å². The summed E-state index contributed by atoms with van der Waals surface area (Å²) < 4.78 is 0. The molecule has 2 heterocycles. The average molecular weight is 369 g/mol. The summed E-state index contributed by atoms with van der Waals surface area (Å²) in [5, 5.41) is 6.46. The molecule has 2 aliphatic heterocycles. The number of rotatable bonds is 2. The van der Waals surface area contributed by atoms with E-state index in [1.807, 2.05) is 11.8 Å². The lowest BCUT2D eigenvalue weighted by atomic mass is 9.97. The van der Waals surface area contributed by atoms with Crippen LogP contribution in [0.15, 0.2) is 57.4 Å². The van der Waals surface area contributed by atoms with Crippen molar-refractivity contribution in [2.75, 3.05) is 5.75 Å². The summed E-state index contributed by atoms with van der Waals surface area (Å²) in [5.41, 5.74) is 4.73. The molecule has 0 saturated heterocycles. The molecule has 128 valence electrons. The van der Waals surface area contributed by atoms with Crippen molar-refractivity contribution in [3.63, 3.8) is 0 Å². The lowest BCUT2D eigenvalue weighted by Gasteiger charge is -2.28. The normalized spacial score (nSPS) is 21.6. The first-order valence-corrected chi connectivity index (χ1v) is 10.2. The Morgan fingerprint density at radius 3 is 2.60 bits per heavy atom. The maximum Gasteiger partial charge on any atom is 0.240 e. The summed E-state index contributed by atoms with van der Waals surface area (Å²) in [5.74, 6) is 1.22. The molecule has 0 unspecified atom stereocenters. The molecule has 0 aliphatic carbocycles. The Morgan fingerprint density at radius 2 is 1.88 bits per heavy atom. The summed E-state index contributed by atoms with van der Waals surface area (Å²) in [7, 11) is 0. The van der Waals surface area contributed by atoms with Gasteiger partial charge in [-0.2, -0.15) is 5.10 Å². The fraction of sp³-hybridized carbons (Fsp3) is 0.300. The summed E-state index contributed by atoms with van der Waals surface area (Å²) in [6.45, 7) is 5.80. The van der Waals surface area contributed by atoms with Crippen molar-refractivity contribution in [3.05, 3.63) is 59.2 Å². The number of aryl methyl sites for hydroxylation is 2. The second kappa shape index (κ2) is 6.54. The van der Waals surface area contributed by atoms with Crippen LogP contribution in [0.5, 0.6) is 0 Å². The van der Waals surface area contributed by atoms with Crippen molar-refractivity contribution in [2.45, 2.75) is 35.9 Å². The van der Waals surface area contributed by atoms with E-state index < -0.39 is 0 Å². The minimum Gasteiger partial charge on any atom is -0.273 e. The number of hydrogen-bond donors (Lipinski definition) is 0. The van der Waals surface area contributed by atoms with Gasteiger partial charge >= 0.3 is 0 Å². The molecule has 0 N–H and O–H groups in total. The van der Waals surface area contributed by atoms with Gasteiger partial charge in [0.05, 0.1) is 5.71 Å². The molecular weight excluding hydrogens is 348 g/mol. The Bertz CT molecular complexity index is 860. The number of amides is 1. The summed E-state index contributed by atoms with van der Waals surface area (Å²) in [6, 6.07) is 15.0. The van der Waals surface area contributed by atoms with Gasteiger partial charge in [-0.05, 0) is 38.1 Å². The molecule has 5 heteroatoms. The third-order valence-electron chi connectivity index (χ3n) is 4.58. The van der Waals surface area contributed by atoms with Gasteiger partial charge in [0.1, 0.15) is 5.37 Å². The van der Waals surface area contributed by atoms with Crippen LogP contribution in [0.25, 0.3) is 0 Å². The second-order valence-electron chi connectivity index (χ2n) is 6.59. The van der Waals surface area contributed by atoms with E-state index in [0.717, 1.165) is 11.5 Å². The molecule has 2 aliphatic rings. The molecule has 0 fully saturated rings. The van der Waals surface area contributed by atoms with Crippen LogP contribution in [0.1, 0.15) is 23.6 Å².